The van der Waals surface area contributed by atoms with Gasteiger partial charge < -0.3 is 15.3 Å². The van der Waals surface area contributed by atoms with Crippen LogP contribution in [0, 0.1) is 3.57 Å². The molecule has 0 radical (unpaired) electrons. The van der Waals surface area contributed by atoms with Crippen molar-refractivity contribution in [2.75, 3.05) is 5.32 Å². The molecule has 1 aliphatic rings. The lowest BCUT2D eigenvalue weighted by Crippen LogP contribution is -2.44. The van der Waals surface area contributed by atoms with Gasteiger partial charge in [0.2, 0.25) is 0 Å². The Morgan fingerprint density at radius 1 is 1.06 bits per heavy atom. The maximum absolute atomic E-state index is 13.8. The van der Waals surface area contributed by atoms with E-state index in [4.69, 9.17) is 11.6 Å². The van der Waals surface area contributed by atoms with Crippen LogP contribution in [0.25, 0.3) is 0 Å². The number of amides is 2. The van der Waals surface area contributed by atoms with Gasteiger partial charge in [-0.2, -0.15) is 0 Å². The molecule has 3 aromatic rings. The zero-order valence-corrected chi connectivity index (χ0v) is 20.8. The first kappa shape index (κ1) is 22.8. The van der Waals surface area contributed by atoms with Gasteiger partial charge >= 0.3 is 5.97 Å². The zero-order valence-electron chi connectivity index (χ0n) is 16.3. The van der Waals surface area contributed by atoms with E-state index in [1.54, 1.807) is 66.7 Å². The van der Waals surface area contributed by atoms with Crippen LogP contribution in [0.1, 0.15) is 33.6 Å². The summed E-state index contributed by atoms with van der Waals surface area (Å²) in [5.41, 5.74) is 1.39. The van der Waals surface area contributed by atoms with Gasteiger partial charge in [0.15, 0.2) is 6.04 Å². The summed E-state index contributed by atoms with van der Waals surface area (Å²) in [7, 11) is 0. The van der Waals surface area contributed by atoms with E-state index in [2.05, 4.69) is 43.8 Å². The topological polar surface area (TPSA) is 86.7 Å². The molecular formula is C23H15BrClIN2O4. The largest absolute Gasteiger partial charge is 0.479 e. The number of carboxylic acids is 1. The summed E-state index contributed by atoms with van der Waals surface area (Å²) in [5.74, 6) is -2.32. The molecule has 32 heavy (non-hydrogen) atoms. The number of anilines is 1. The maximum Gasteiger partial charge on any atom is 0.331 e. The standard InChI is InChI=1S/C23H15BrClIN2O4/c24-14-5-1-12(2-6-14)19-21(29)27-18-10-9-16(26)11-17(18)22(30)28(19)20(23(31)32)13-3-7-15(25)8-4-13/h1-11,19-20H,(H,27,29)(H,31,32). The van der Waals surface area contributed by atoms with E-state index >= 15 is 0 Å². The zero-order chi connectivity index (χ0) is 23.0. The Morgan fingerprint density at radius 3 is 2.34 bits per heavy atom. The predicted molar refractivity (Wildman–Crippen MR) is 133 cm³/mol. The van der Waals surface area contributed by atoms with Gasteiger partial charge in [0, 0.05) is 13.1 Å². The molecule has 0 saturated heterocycles. The van der Waals surface area contributed by atoms with Crippen LogP contribution in [-0.4, -0.2) is 27.8 Å². The van der Waals surface area contributed by atoms with E-state index in [0.29, 0.717) is 21.8 Å². The van der Waals surface area contributed by atoms with Crippen molar-refractivity contribution in [1.82, 2.24) is 4.90 Å². The summed E-state index contributed by atoms with van der Waals surface area (Å²) in [4.78, 5) is 40.8. The van der Waals surface area contributed by atoms with E-state index in [0.717, 1.165) is 12.9 Å². The molecule has 1 aliphatic heterocycles. The van der Waals surface area contributed by atoms with Crippen LogP contribution in [0.5, 0.6) is 0 Å². The van der Waals surface area contributed by atoms with Crippen molar-refractivity contribution in [1.29, 1.82) is 0 Å². The summed E-state index contributed by atoms with van der Waals surface area (Å²) in [6.07, 6.45) is 0. The molecule has 162 valence electrons. The normalized spacial score (nSPS) is 16.7. The minimum Gasteiger partial charge on any atom is -0.479 e. The lowest BCUT2D eigenvalue weighted by molar-refractivity contribution is -0.144. The van der Waals surface area contributed by atoms with Crippen molar-refractivity contribution in [3.8, 4) is 0 Å². The Balaban J connectivity index is 1.95. The highest BCUT2D eigenvalue weighted by Crippen LogP contribution is 2.38. The van der Waals surface area contributed by atoms with Gasteiger partial charge in [0.1, 0.15) is 6.04 Å². The average Bonchev–Trinajstić information content (AvgIpc) is 2.85. The van der Waals surface area contributed by atoms with Crippen molar-refractivity contribution in [3.05, 3.63) is 96.5 Å². The Labute approximate surface area is 210 Å². The highest BCUT2D eigenvalue weighted by atomic mass is 127. The first-order valence-corrected chi connectivity index (χ1v) is 11.7. The second-order valence-electron chi connectivity index (χ2n) is 7.14. The molecule has 0 aromatic heterocycles. The summed E-state index contributed by atoms with van der Waals surface area (Å²) in [6.45, 7) is 0. The number of carboxylic acid groups (broad SMARTS) is 1. The molecular weight excluding hydrogens is 611 g/mol. The molecule has 3 aromatic carbocycles. The number of aliphatic carboxylic acids is 1. The van der Waals surface area contributed by atoms with Crippen LogP contribution in [0.3, 0.4) is 0 Å². The van der Waals surface area contributed by atoms with E-state index in [9.17, 15) is 19.5 Å². The van der Waals surface area contributed by atoms with Gasteiger partial charge in [0.05, 0.1) is 11.3 Å². The molecule has 9 heteroatoms. The van der Waals surface area contributed by atoms with Crippen molar-refractivity contribution in [3.63, 3.8) is 0 Å². The Morgan fingerprint density at radius 2 is 1.72 bits per heavy atom. The quantitative estimate of drug-likeness (QED) is 0.366. The smallest absolute Gasteiger partial charge is 0.331 e. The third kappa shape index (κ3) is 4.39. The van der Waals surface area contributed by atoms with Crippen LogP contribution < -0.4 is 5.32 Å². The highest BCUT2D eigenvalue weighted by Gasteiger charge is 2.43. The first-order valence-electron chi connectivity index (χ1n) is 9.43. The monoisotopic (exact) mass is 624 g/mol. The number of carbonyl (C=O) groups excluding carboxylic acids is 2. The molecule has 0 spiro atoms. The van der Waals surface area contributed by atoms with Gasteiger partial charge in [-0.25, -0.2) is 4.79 Å². The number of fused-ring (bicyclic) bond motifs is 1. The molecule has 2 amide bonds. The summed E-state index contributed by atoms with van der Waals surface area (Å²) >= 11 is 11.4. The van der Waals surface area contributed by atoms with Crippen LogP contribution >= 0.6 is 50.1 Å². The molecule has 0 fully saturated rings. The summed E-state index contributed by atoms with van der Waals surface area (Å²) in [5, 5.41) is 13.4. The molecule has 2 N–H and O–H groups in total. The third-order valence-electron chi connectivity index (χ3n) is 5.11. The number of halogens is 3. The number of carbonyl (C=O) groups is 3. The lowest BCUT2D eigenvalue weighted by Gasteiger charge is -2.34. The Hall–Kier alpha value is -2.43. The van der Waals surface area contributed by atoms with Crippen LogP contribution in [0.4, 0.5) is 5.69 Å². The Bertz CT molecular complexity index is 1220. The van der Waals surface area contributed by atoms with Gasteiger partial charge in [-0.3, -0.25) is 9.59 Å². The number of hydrogen-bond donors (Lipinski definition) is 2. The molecule has 1 heterocycles. The van der Waals surface area contributed by atoms with Gasteiger partial charge in [-0.1, -0.05) is 51.8 Å². The van der Waals surface area contributed by atoms with E-state index in [1.807, 2.05) is 0 Å². The van der Waals surface area contributed by atoms with Gasteiger partial charge in [-0.15, -0.1) is 0 Å². The van der Waals surface area contributed by atoms with Crippen LogP contribution in [-0.2, 0) is 9.59 Å². The SMILES string of the molecule is O=C(O)C(c1ccc(Cl)cc1)N1C(=O)c2cc(I)ccc2NC(=O)C1c1ccc(Br)cc1. The molecule has 4 rings (SSSR count). The molecule has 0 saturated carbocycles. The first-order chi connectivity index (χ1) is 15.3. The van der Waals surface area contributed by atoms with E-state index < -0.39 is 29.9 Å². The van der Waals surface area contributed by atoms with E-state index in [1.165, 1.54) is 0 Å². The average molecular weight is 626 g/mol. The molecule has 2 atom stereocenters. The van der Waals surface area contributed by atoms with Crippen molar-refractivity contribution >= 4 is 73.6 Å². The third-order valence-corrected chi connectivity index (χ3v) is 6.57. The minimum absolute atomic E-state index is 0.227. The van der Waals surface area contributed by atoms with Gasteiger partial charge in [0.25, 0.3) is 11.8 Å². The number of rotatable bonds is 4. The second-order valence-corrected chi connectivity index (χ2v) is 9.74. The number of benzene rings is 3. The predicted octanol–water partition coefficient (Wildman–Crippen LogP) is 5.67. The molecule has 0 bridgehead atoms. The van der Waals surface area contributed by atoms with Crippen LogP contribution in [0.2, 0.25) is 5.02 Å². The summed E-state index contributed by atoms with van der Waals surface area (Å²) < 4.78 is 1.57. The fourth-order valence-corrected chi connectivity index (χ4v) is 4.56. The Kier molecular flexibility index (Phi) is 6.55. The molecule has 0 aliphatic carbocycles. The fourth-order valence-electron chi connectivity index (χ4n) is 3.68. The fraction of sp³-hybridized carbons (Fsp3) is 0.0870. The van der Waals surface area contributed by atoms with Crippen molar-refractivity contribution in [2.24, 2.45) is 0 Å². The van der Waals surface area contributed by atoms with Crippen molar-refractivity contribution < 1.29 is 19.5 Å². The van der Waals surface area contributed by atoms with E-state index in [-0.39, 0.29) is 5.56 Å². The van der Waals surface area contributed by atoms with Gasteiger partial charge in [-0.05, 0) is 76.2 Å². The minimum atomic E-state index is -1.41. The van der Waals surface area contributed by atoms with Crippen LogP contribution in [0.15, 0.2) is 71.2 Å². The summed E-state index contributed by atoms with van der Waals surface area (Å²) in [6, 6.07) is 15.5. The second kappa shape index (κ2) is 9.21. The number of nitrogens with zero attached hydrogens (tertiary/aromatic N) is 1. The highest BCUT2D eigenvalue weighted by molar-refractivity contribution is 14.1. The lowest BCUT2D eigenvalue weighted by atomic mass is 9.98. The maximum atomic E-state index is 13.8. The number of hydrogen-bond acceptors (Lipinski definition) is 3. The molecule has 2 unspecified atom stereocenters. The molecule has 6 nitrogen and oxygen atoms in total. The van der Waals surface area contributed by atoms with Crippen molar-refractivity contribution in [2.45, 2.75) is 12.1 Å². The number of nitrogens with one attached hydrogen (secondary N) is 1.